The van der Waals surface area contributed by atoms with Gasteiger partial charge in [-0.2, -0.15) is 11.8 Å². The summed E-state index contributed by atoms with van der Waals surface area (Å²) in [6.45, 7) is 4.83. The summed E-state index contributed by atoms with van der Waals surface area (Å²) in [4.78, 5) is 12.1. The molecule has 0 aliphatic rings. The summed E-state index contributed by atoms with van der Waals surface area (Å²) >= 11 is 1.69. The van der Waals surface area contributed by atoms with E-state index in [1.165, 1.54) is 6.42 Å². The SMILES string of the molecule is CCCCSCC(=O)c1ccc(OC)c(OCCC)c1. The predicted octanol–water partition coefficient (Wildman–Crippen LogP) is 4.20. The zero-order valence-electron chi connectivity index (χ0n) is 12.6. The minimum Gasteiger partial charge on any atom is -0.493 e. The molecule has 1 aromatic rings. The second-order valence-corrected chi connectivity index (χ2v) is 5.65. The molecule has 4 heteroatoms. The van der Waals surface area contributed by atoms with E-state index in [0.717, 1.165) is 18.6 Å². The molecule has 0 unspecified atom stereocenters. The van der Waals surface area contributed by atoms with Gasteiger partial charge in [0, 0.05) is 5.56 Å². The molecule has 1 rings (SSSR count). The smallest absolute Gasteiger partial charge is 0.172 e. The first-order valence-electron chi connectivity index (χ1n) is 7.14. The Bertz CT molecular complexity index is 418. The summed E-state index contributed by atoms with van der Waals surface area (Å²) in [6, 6.07) is 5.40. The van der Waals surface area contributed by atoms with Gasteiger partial charge < -0.3 is 9.47 Å². The second kappa shape index (κ2) is 9.70. The normalized spacial score (nSPS) is 10.3. The van der Waals surface area contributed by atoms with Gasteiger partial charge in [-0.3, -0.25) is 4.79 Å². The van der Waals surface area contributed by atoms with Crippen LogP contribution in [-0.2, 0) is 0 Å². The molecule has 3 nitrogen and oxygen atoms in total. The highest BCUT2D eigenvalue weighted by molar-refractivity contribution is 7.99. The number of methoxy groups -OCH3 is 1. The van der Waals surface area contributed by atoms with E-state index < -0.39 is 0 Å². The summed E-state index contributed by atoms with van der Waals surface area (Å²) in [6.07, 6.45) is 3.25. The van der Waals surface area contributed by atoms with E-state index in [-0.39, 0.29) is 5.78 Å². The Morgan fingerprint density at radius 2 is 2.00 bits per heavy atom. The highest BCUT2D eigenvalue weighted by atomic mass is 32.2. The van der Waals surface area contributed by atoms with Crippen LogP contribution < -0.4 is 9.47 Å². The Labute approximate surface area is 126 Å². The van der Waals surface area contributed by atoms with Crippen LogP contribution in [0.25, 0.3) is 0 Å². The topological polar surface area (TPSA) is 35.5 Å². The van der Waals surface area contributed by atoms with Crippen molar-refractivity contribution >= 4 is 17.5 Å². The number of unbranched alkanes of at least 4 members (excludes halogenated alkanes) is 1. The van der Waals surface area contributed by atoms with Crippen molar-refractivity contribution in [3.8, 4) is 11.5 Å². The van der Waals surface area contributed by atoms with Crippen LogP contribution in [0.1, 0.15) is 43.5 Å². The van der Waals surface area contributed by atoms with Crippen molar-refractivity contribution in [3.63, 3.8) is 0 Å². The van der Waals surface area contributed by atoms with Crippen LogP contribution in [-0.4, -0.2) is 31.0 Å². The average molecular weight is 296 g/mol. The number of hydrogen-bond acceptors (Lipinski definition) is 4. The number of benzene rings is 1. The van der Waals surface area contributed by atoms with E-state index in [1.54, 1.807) is 37.1 Å². The van der Waals surface area contributed by atoms with Crippen LogP contribution >= 0.6 is 11.8 Å². The Kier molecular flexibility index (Phi) is 8.19. The number of rotatable bonds is 10. The molecule has 0 radical (unpaired) electrons. The standard InChI is InChI=1S/C16H24O3S/c1-4-6-10-20-12-14(17)13-7-8-15(18-3)16(11-13)19-9-5-2/h7-8,11H,4-6,9-10,12H2,1-3H3. The predicted molar refractivity (Wildman–Crippen MR) is 85.3 cm³/mol. The lowest BCUT2D eigenvalue weighted by Gasteiger charge is -2.11. The lowest BCUT2D eigenvalue weighted by atomic mass is 10.1. The monoisotopic (exact) mass is 296 g/mol. The number of Topliss-reactive ketones (excluding diaryl/α,β-unsaturated/α-hetero) is 1. The molecule has 0 aliphatic carbocycles. The third-order valence-electron chi connectivity index (χ3n) is 2.82. The Hall–Kier alpha value is -1.16. The molecule has 20 heavy (non-hydrogen) atoms. The zero-order valence-corrected chi connectivity index (χ0v) is 13.4. The molecule has 0 heterocycles. The third kappa shape index (κ3) is 5.45. The molecule has 0 aromatic heterocycles. The first-order chi connectivity index (χ1) is 9.72. The Morgan fingerprint density at radius 1 is 1.20 bits per heavy atom. The van der Waals surface area contributed by atoms with Crippen molar-refractivity contribution < 1.29 is 14.3 Å². The van der Waals surface area contributed by atoms with Gasteiger partial charge in [0.15, 0.2) is 17.3 Å². The second-order valence-electron chi connectivity index (χ2n) is 4.54. The van der Waals surface area contributed by atoms with E-state index in [4.69, 9.17) is 9.47 Å². The number of ketones is 1. The van der Waals surface area contributed by atoms with Crippen molar-refractivity contribution in [1.82, 2.24) is 0 Å². The molecule has 0 N–H and O–H groups in total. The van der Waals surface area contributed by atoms with Gasteiger partial charge in [-0.05, 0) is 36.8 Å². The van der Waals surface area contributed by atoms with Crippen LogP contribution in [0.2, 0.25) is 0 Å². The van der Waals surface area contributed by atoms with Crippen molar-refractivity contribution in [1.29, 1.82) is 0 Å². The van der Waals surface area contributed by atoms with E-state index in [2.05, 4.69) is 6.92 Å². The largest absolute Gasteiger partial charge is 0.493 e. The lowest BCUT2D eigenvalue weighted by Crippen LogP contribution is -2.05. The fourth-order valence-electron chi connectivity index (χ4n) is 1.67. The van der Waals surface area contributed by atoms with Gasteiger partial charge in [0.05, 0.1) is 19.5 Å². The summed E-state index contributed by atoms with van der Waals surface area (Å²) in [5, 5.41) is 0. The van der Waals surface area contributed by atoms with Crippen molar-refractivity contribution in [2.75, 3.05) is 25.2 Å². The molecule has 0 amide bonds. The van der Waals surface area contributed by atoms with Crippen molar-refractivity contribution in [3.05, 3.63) is 23.8 Å². The van der Waals surface area contributed by atoms with Crippen LogP contribution in [0.4, 0.5) is 0 Å². The third-order valence-corrected chi connectivity index (χ3v) is 3.87. The number of hydrogen-bond donors (Lipinski definition) is 0. The molecule has 112 valence electrons. The molecular weight excluding hydrogens is 272 g/mol. The maximum atomic E-state index is 12.1. The zero-order chi connectivity index (χ0) is 14.8. The summed E-state index contributed by atoms with van der Waals surface area (Å²) < 4.78 is 10.9. The number of carbonyl (C=O) groups excluding carboxylic acids is 1. The van der Waals surface area contributed by atoms with Gasteiger partial charge in [-0.15, -0.1) is 0 Å². The van der Waals surface area contributed by atoms with E-state index in [1.807, 2.05) is 6.92 Å². The molecule has 1 aromatic carbocycles. The molecule has 0 spiro atoms. The van der Waals surface area contributed by atoms with Crippen LogP contribution in [0.5, 0.6) is 11.5 Å². The van der Waals surface area contributed by atoms with Gasteiger partial charge >= 0.3 is 0 Å². The number of carbonyl (C=O) groups is 1. The van der Waals surface area contributed by atoms with E-state index >= 15 is 0 Å². The van der Waals surface area contributed by atoms with Gasteiger partial charge in [-0.1, -0.05) is 20.3 Å². The van der Waals surface area contributed by atoms with E-state index in [9.17, 15) is 4.79 Å². The first-order valence-corrected chi connectivity index (χ1v) is 8.30. The average Bonchev–Trinajstić information content (AvgIpc) is 2.49. The lowest BCUT2D eigenvalue weighted by molar-refractivity contribution is 0.102. The van der Waals surface area contributed by atoms with Crippen molar-refractivity contribution in [2.24, 2.45) is 0 Å². The summed E-state index contributed by atoms with van der Waals surface area (Å²) in [5.74, 6) is 3.04. The van der Waals surface area contributed by atoms with Gasteiger partial charge in [-0.25, -0.2) is 0 Å². The van der Waals surface area contributed by atoms with Gasteiger partial charge in [0.2, 0.25) is 0 Å². The van der Waals surface area contributed by atoms with Gasteiger partial charge in [0.25, 0.3) is 0 Å². The number of ether oxygens (including phenoxy) is 2. The van der Waals surface area contributed by atoms with E-state index in [0.29, 0.717) is 29.4 Å². The molecule has 0 saturated heterocycles. The molecule has 0 aliphatic heterocycles. The maximum absolute atomic E-state index is 12.1. The summed E-state index contributed by atoms with van der Waals surface area (Å²) in [5.41, 5.74) is 0.695. The minimum atomic E-state index is 0.148. The Morgan fingerprint density at radius 3 is 2.65 bits per heavy atom. The number of thioether (sulfide) groups is 1. The minimum absolute atomic E-state index is 0.148. The quantitative estimate of drug-likeness (QED) is 0.479. The highest BCUT2D eigenvalue weighted by Crippen LogP contribution is 2.28. The highest BCUT2D eigenvalue weighted by Gasteiger charge is 2.11. The maximum Gasteiger partial charge on any atom is 0.172 e. The van der Waals surface area contributed by atoms with Crippen molar-refractivity contribution in [2.45, 2.75) is 33.1 Å². The van der Waals surface area contributed by atoms with Crippen LogP contribution in [0.3, 0.4) is 0 Å². The molecule has 0 atom stereocenters. The van der Waals surface area contributed by atoms with Crippen LogP contribution in [0.15, 0.2) is 18.2 Å². The molecule has 0 fully saturated rings. The van der Waals surface area contributed by atoms with Crippen LogP contribution in [0, 0.1) is 0 Å². The molecule has 0 bridgehead atoms. The molecule has 0 saturated carbocycles. The summed E-state index contributed by atoms with van der Waals surface area (Å²) in [7, 11) is 1.61. The fourth-order valence-corrected chi connectivity index (χ4v) is 2.66. The van der Waals surface area contributed by atoms with Gasteiger partial charge in [0.1, 0.15) is 0 Å². The fraction of sp³-hybridized carbons (Fsp3) is 0.562. The Balaban J connectivity index is 2.67. The molecular formula is C16H24O3S. The first kappa shape index (κ1) is 16.9.